The van der Waals surface area contributed by atoms with Crippen molar-refractivity contribution in [2.75, 3.05) is 13.2 Å². The molecule has 0 aliphatic heterocycles. The van der Waals surface area contributed by atoms with E-state index in [4.69, 9.17) is 4.74 Å². The van der Waals surface area contributed by atoms with Crippen LogP contribution in [0.15, 0.2) is 48.6 Å². The van der Waals surface area contributed by atoms with Gasteiger partial charge in [-0.3, -0.25) is 9.59 Å². The number of aliphatic hydroxyl groups is 2. The molecule has 0 radical (unpaired) electrons. The highest BCUT2D eigenvalue weighted by Crippen LogP contribution is 2.20. The summed E-state index contributed by atoms with van der Waals surface area (Å²) in [6.45, 7) is 4.92. The fourth-order valence-corrected chi connectivity index (χ4v) is 12.8. The van der Waals surface area contributed by atoms with Gasteiger partial charge in [-0.1, -0.05) is 396 Å². The van der Waals surface area contributed by atoms with Crippen molar-refractivity contribution >= 4 is 11.9 Å². The van der Waals surface area contributed by atoms with Gasteiger partial charge in [0, 0.05) is 12.8 Å². The van der Waals surface area contributed by atoms with Gasteiger partial charge >= 0.3 is 5.97 Å². The van der Waals surface area contributed by atoms with Crippen LogP contribution in [0.25, 0.3) is 0 Å². The average molecular weight is 1260 g/mol. The normalized spacial score (nSPS) is 12.7. The van der Waals surface area contributed by atoms with E-state index in [0.717, 1.165) is 51.4 Å². The van der Waals surface area contributed by atoms with Crippen molar-refractivity contribution in [3.05, 3.63) is 48.6 Å². The lowest BCUT2D eigenvalue weighted by Gasteiger charge is -2.20. The van der Waals surface area contributed by atoms with Crippen LogP contribution in [0, 0.1) is 0 Å². The molecule has 0 heterocycles. The number of ether oxygens (including phenoxy) is 1. The van der Waals surface area contributed by atoms with E-state index in [2.05, 4.69) is 55.6 Å². The maximum Gasteiger partial charge on any atom is 0.305 e. The molecule has 6 nitrogen and oxygen atoms in total. The largest absolute Gasteiger partial charge is 0.466 e. The number of aliphatic hydroxyl groups excluding tert-OH is 2. The van der Waals surface area contributed by atoms with Gasteiger partial charge in [-0.2, -0.15) is 0 Å². The summed E-state index contributed by atoms with van der Waals surface area (Å²) in [5.74, 6) is -0.0438. The van der Waals surface area contributed by atoms with Crippen molar-refractivity contribution in [3.63, 3.8) is 0 Å². The molecule has 530 valence electrons. The number of carbonyl (C=O) groups is 2. The zero-order valence-corrected chi connectivity index (χ0v) is 60.9. The van der Waals surface area contributed by atoms with Crippen LogP contribution < -0.4 is 5.32 Å². The fraction of sp³-hybridized carbons (Fsp3) is 0.881. The molecule has 3 N–H and O–H groups in total. The number of unbranched alkanes of at least 4 members (excludes halogenated alkanes) is 60. The van der Waals surface area contributed by atoms with E-state index >= 15 is 0 Å². The quantitative estimate of drug-likeness (QED) is 0.0320. The average Bonchev–Trinajstić information content (AvgIpc) is 3.74. The number of amides is 1. The summed E-state index contributed by atoms with van der Waals surface area (Å²) in [7, 11) is 0. The van der Waals surface area contributed by atoms with E-state index < -0.39 is 12.1 Å². The first-order chi connectivity index (χ1) is 44.5. The first-order valence-corrected chi connectivity index (χ1v) is 40.9. The van der Waals surface area contributed by atoms with Crippen LogP contribution in [0.4, 0.5) is 0 Å². The molecule has 0 rings (SSSR count). The minimum absolute atomic E-state index is 0.0168. The Morgan fingerprint density at radius 3 is 0.878 bits per heavy atom. The van der Waals surface area contributed by atoms with Gasteiger partial charge in [-0.05, 0) is 89.9 Å². The summed E-state index contributed by atoms with van der Waals surface area (Å²) in [6.07, 6.45) is 105. The van der Waals surface area contributed by atoms with Gasteiger partial charge in [0.15, 0.2) is 0 Å². The molecule has 0 aromatic heterocycles. The van der Waals surface area contributed by atoms with E-state index in [1.807, 2.05) is 6.08 Å². The molecule has 0 aromatic carbocycles. The first kappa shape index (κ1) is 87.8. The summed E-state index contributed by atoms with van der Waals surface area (Å²) < 4.78 is 5.52. The summed E-state index contributed by atoms with van der Waals surface area (Å²) >= 11 is 0. The van der Waals surface area contributed by atoms with Crippen molar-refractivity contribution in [2.45, 2.75) is 463 Å². The Morgan fingerprint density at radius 2 is 0.556 bits per heavy atom. The number of esters is 1. The topological polar surface area (TPSA) is 95.9 Å². The van der Waals surface area contributed by atoms with Gasteiger partial charge in [0.1, 0.15) is 0 Å². The van der Waals surface area contributed by atoms with Gasteiger partial charge in [0.2, 0.25) is 5.91 Å². The molecular weight excluding hydrogens is 1100 g/mol. The van der Waals surface area contributed by atoms with Crippen molar-refractivity contribution in [2.24, 2.45) is 0 Å². The van der Waals surface area contributed by atoms with E-state index in [-0.39, 0.29) is 18.5 Å². The summed E-state index contributed by atoms with van der Waals surface area (Å²) in [4.78, 5) is 24.7. The van der Waals surface area contributed by atoms with Crippen LogP contribution in [-0.4, -0.2) is 47.4 Å². The van der Waals surface area contributed by atoms with E-state index in [1.165, 1.54) is 372 Å². The third kappa shape index (κ3) is 74.9. The Labute approximate surface area is 563 Å². The van der Waals surface area contributed by atoms with Crippen LogP contribution in [-0.2, 0) is 14.3 Å². The molecule has 0 fully saturated rings. The van der Waals surface area contributed by atoms with Crippen molar-refractivity contribution < 1.29 is 24.5 Å². The molecule has 90 heavy (non-hydrogen) atoms. The van der Waals surface area contributed by atoms with Gasteiger partial charge in [-0.15, -0.1) is 0 Å². The first-order valence-electron chi connectivity index (χ1n) is 40.9. The lowest BCUT2D eigenvalue weighted by atomic mass is 10.0. The second-order valence-electron chi connectivity index (χ2n) is 28.1. The molecule has 0 bridgehead atoms. The highest BCUT2D eigenvalue weighted by molar-refractivity contribution is 5.76. The lowest BCUT2D eigenvalue weighted by Crippen LogP contribution is -2.45. The number of carbonyl (C=O) groups excluding carboxylic acids is 2. The Kier molecular flexibility index (Phi) is 77.3. The van der Waals surface area contributed by atoms with E-state index in [1.54, 1.807) is 6.08 Å². The smallest absolute Gasteiger partial charge is 0.305 e. The Bertz CT molecular complexity index is 1500. The minimum atomic E-state index is -0.843. The molecule has 0 saturated carbocycles. The Morgan fingerprint density at radius 1 is 0.311 bits per heavy atom. The number of rotatable bonds is 77. The molecule has 0 aliphatic carbocycles. The molecule has 6 heteroatoms. The van der Waals surface area contributed by atoms with E-state index in [0.29, 0.717) is 19.4 Å². The van der Waals surface area contributed by atoms with Crippen molar-refractivity contribution in [1.29, 1.82) is 0 Å². The number of hydrogen-bond acceptors (Lipinski definition) is 5. The van der Waals surface area contributed by atoms with Crippen LogP contribution in [0.3, 0.4) is 0 Å². The maximum atomic E-state index is 12.5. The van der Waals surface area contributed by atoms with Crippen LogP contribution in [0.2, 0.25) is 0 Å². The molecule has 0 saturated heterocycles. The van der Waals surface area contributed by atoms with Gasteiger partial charge < -0.3 is 20.3 Å². The second-order valence-corrected chi connectivity index (χ2v) is 28.1. The third-order valence-electron chi connectivity index (χ3n) is 19.1. The second kappa shape index (κ2) is 79.3. The maximum absolute atomic E-state index is 12.5. The molecule has 0 aromatic rings. The predicted molar refractivity (Wildman–Crippen MR) is 398 cm³/mol. The Hall–Kier alpha value is -2.18. The summed E-state index contributed by atoms with van der Waals surface area (Å²) in [5, 5.41) is 23.3. The fourth-order valence-electron chi connectivity index (χ4n) is 12.8. The SMILES string of the molecule is CCCCC/C=C\C/C=C\CCCCCCCCCCCC(=O)OCCCCCCCCCCCCCCCC/C=C\CCCCCCCCCCCCCCCCCCCC(=O)NC(CO)C(O)/C=C/CCCCCCCCCCCCCCCCCCC. The van der Waals surface area contributed by atoms with Crippen molar-refractivity contribution in [1.82, 2.24) is 5.32 Å². The van der Waals surface area contributed by atoms with Gasteiger partial charge in [-0.25, -0.2) is 0 Å². The molecule has 2 unspecified atom stereocenters. The van der Waals surface area contributed by atoms with Crippen molar-refractivity contribution in [3.8, 4) is 0 Å². The molecule has 0 aliphatic rings. The standard InChI is InChI=1S/C84H159NO5/c1-3-5-7-9-11-13-15-17-19-21-40-44-48-52-56-60-64-68-72-76-82(87)81(80-86)85-83(88)77-73-69-65-61-57-53-49-45-42-38-36-34-32-30-28-26-24-23-25-27-29-31-33-35-37-39-43-47-51-55-59-63-67-71-75-79-90-84(89)78-74-70-66-62-58-54-50-46-41-22-20-18-16-14-12-10-8-6-4-2/h12,14,18,20,25,27,72,76,81-82,86-87H,3-11,13,15-17,19,21-24,26,28-71,73-75,77-80H2,1-2H3,(H,85,88)/b14-12-,20-18-,27-25-,76-72+. The van der Waals surface area contributed by atoms with Crippen LogP contribution in [0.5, 0.6) is 0 Å². The highest BCUT2D eigenvalue weighted by atomic mass is 16.5. The van der Waals surface area contributed by atoms with Crippen LogP contribution >= 0.6 is 0 Å². The molecular formula is C84H159NO5. The Balaban J connectivity index is 3.35. The van der Waals surface area contributed by atoms with Gasteiger partial charge in [0.05, 0.1) is 25.4 Å². The number of nitrogens with one attached hydrogen (secondary N) is 1. The zero-order chi connectivity index (χ0) is 64.9. The zero-order valence-electron chi connectivity index (χ0n) is 60.9. The highest BCUT2D eigenvalue weighted by Gasteiger charge is 2.18. The summed E-state index contributed by atoms with van der Waals surface area (Å²) in [5.41, 5.74) is 0. The minimum Gasteiger partial charge on any atom is -0.466 e. The monoisotopic (exact) mass is 1260 g/mol. The van der Waals surface area contributed by atoms with Crippen LogP contribution in [0.1, 0.15) is 450 Å². The predicted octanol–water partition coefficient (Wildman–Crippen LogP) is 27.2. The molecule has 1 amide bonds. The number of hydrogen-bond donors (Lipinski definition) is 3. The number of allylic oxidation sites excluding steroid dienone is 7. The van der Waals surface area contributed by atoms with Gasteiger partial charge in [0.25, 0.3) is 0 Å². The molecule has 0 spiro atoms. The third-order valence-corrected chi connectivity index (χ3v) is 19.1. The van der Waals surface area contributed by atoms with E-state index in [9.17, 15) is 19.8 Å². The summed E-state index contributed by atoms with van der Waals surface area (Å²) in [6, 6.07) is -0.626. The molecule has 2 atom stereocenters. The lowest BCUT2D eigenvalue weighted by molar-refractivity contribution is -0.143.